The number of ether oxygens (including phenoxy) is 1. The number of alkyl halides is 5. The molecule has 0 aromatic carbocycles. The topological polar surface area (TPSA) is 81.0 Å². The molecule has 2 aliphatic rings. The first-order chi connectivity index (χ1) is 17.2. The molecule has 36 heavy (non-hydrogen) atoms. The molecule has 8 nitrogen and oxygen atoms in total. The third kappa shape index (κ3) is 5.26. The van der Waals surface area contributed by atoms with E-state index < -0.39 is 29.9 Å². The van der Waals surface area contributed by atoms with E-state index in [0.29, 0.717) is 56.3 Å². The van der Waals surface area contributed by atoms with Crippen molar-refractivity contribution in [2.24, 2.45) is 0 Å². The van der Waals surface area contributed by atoms with Crippen LogP contribution in [0.4, 0.5) is 27.8 Å². The van der Waals surface area contributed by atoms with E-state index in [-0.39, 0.29) is 12.3 Å². The van der Waals surface area contributed by atoms with Crippen LogP contribution in [0.25, 0.3) is 11.0 Å². The lowest BCUT2D eigenvalue weighted by molar-refractivity contribution is -0.141. The summed E-state index contributed by atoms with van der Waals surface area (Å²) in [4.78, 5) is 13.5. The number of pyridine rings is 1. The van der Waals surface area contributed by atoms with Gasteiger partial charge in [0, 0.05) is 37.5 Å². The minimum Gasteiger partial charge on any atom is -0.367 e. The number of fused-ring (bicyclic) bond motifs is 1. The number of nitrogens with one attached hydrogen (secondary N) is 1. The highest BCUT2D eigenvalue weighted by Crippen LogP contribution is 2.33. The zero-order chi connectivity index (χ0) is 25.3. The van der Waals surface area contributed by atoms with Crippen LogP contribution in [0.2, 0.25) is 0 Å². The number of anilines is 1. The monoisotopic (exact) mass is 511 g/mol. The van der Waals surface area contributed by atoms with Crippen LogP contribution in [0.5, 0.6) is 0 Å². The molecule has 1 atom stereocenters. The molecule has 13 heteroatoms. The van der Waals surface area contributed by atoms with Crippen molar-refractivity contribution < 1.29 is 26.7 Å². The molecule has 0 radical (unpaired) electrons. The molecule has 1 N–H and O–H groups in total. The van der Waals surface area contributed by atoms with E-state index >= 15 is 0 Å². The average molecular weight is 511 g/mol. The number of rotatable bonds is 6. The van der Waals surface area contributed by atoms with E-state index in [0.717, 1.165) is 30.7 Å². The van der Waals surface area contributed by atoms with Gasteiger partial charge in [-0.25, -0.2) is 14.6 Å². The quantitative estimate of drug-likeness (QED) is 0.484. The van der Waals surface area contributed by atoms with E-state index in [2.05, 4.69) is 25.4 Å². The van der Waals surface area contributed by atoms with Gasteiger partial charge in [0.15, 0.2) is 11.9 Å². The minimum atomic E-state index is -4.67. The summed E-state index contributed by atoms with van der Waals surface area (Å²) in [6, 6.07) is 1.41. The normalized spacial score (nSPS) is 20.6. The van der Waals surface area contributed by atoms with Crippen LogP contribution in [-0.2, 0) is 16.8 Å². The van der Waals surface area contributed by atoms with Gasteiger partial charge in [-0.1, -0.05) is 0 Å². The SMILES string of the molecule is FC(F)(F)c1ccc(C(F)(F)CN2CCC(Nc3ncnc4c3cnn4C3CCCCO3)CC2)cn1. The van der Waals surface area contributed by atoms with E-state index in [1.807, 2.05) is 0 Å². The van der Waals surface area contributed by atoms with E-state index in [1.54, 1.807) is 15.8 Å². The van der Waals surface area contributed by atoms with Crippen LogP contribution in [0.1, 0.15) is 49.6 Å². The van der Waals surface area contributed by atoms with Crippen LogP contribution >= 0.6 is 0 Å². The molecule has 2 aliphatic heterocycles. The second-order valence-electron chi connectivity index (χ2n) is 9.20. The molecule has 0 saturated carbocycles. The Kier molecular flexibility index (Phi) is 6.77. The van der Waals surface area contributed by atoms with E-state index in [4.69, 9.17) is 4.74 Å². The summed E-state index contributed by atoms with van der Waals surface area (Å²) in [6.07, 6.45) is 3.15. The Morgan fingerprint density at radius 3 is 2.44 bits per heavy atom. The maximum absolute atomic E-state index is 14.7. The van der Waals surface area contributed by atoms with E-state index in [1.165, 1.54) is 6.33 Å². The third-order valence-electron chi connectivity index (χ3n) is 6.65. The lowest BCUT2D eigenvalue weighted by Crippen LogP contribution is -2.43. The minimum absolute atomic E-state index is 0.0231. The highest BCUT2D eigenvalue weighted by molar-refractivity contribution is 5.86. The molecular weight excluding hydrogens is 485 g/mol. The Bertz CT molecular complexity index is 1170. The van der Waals surface area contributed by atoms with Crippen molar-refractivity contribution in [3.8, 4) is 0 Å². The van der Waals surface area contributed by atoms with Crippen molar-refractivity contribution in [3.05, 3.63) is 42.1 Å². The van der Waals surface area contributed by atoms with Crippen molar-refractivity contribution >= 4 is 16.9 Å². The second kappa shape index (κ2) is 9.85. The Morgan fingerprint density at radius 2 is 1.78 bits per heavy atom. The first-order valence-electron chi connectivity index (χ1n) is 11.9. The smallest absolute Gasteiger partial charge is 0.367 e. The molecule has 2 saturated heterocycles. The van der Waals surface area contributed by atoms with Crippen molar-refractivity contribution in [1.82, 2.24) is 29.6 Å². The fraction of sp³-hybridized carbons (Fsp3) is 0.565. The van der Waals surface area contributed by atoms with Crippen molar-refractivity contribution in [1.29, 1.82) is 0 Å². The van der Waals surface area contributed by atoms with Crippen LogP contribution in [-0.4, -0.2) is 61.9 Å². The molecule has 2 fully saturated rings. The predicted molar refractivity (Wildman–Crippen MR) is 120 cm³/mol. The summed E-state index contributed by atoms with van der Waals surface area (Å²) in [6.45, 7) is 0.920. The first-order valence-corrected chi connectivity index (χ1v) is 11.9. The van der Waals surface area contributed by atoms with Gasteiger partial charge in [-0.3, -0.25) is 9.88 Å². The predicted octanol–water partition coefficient (Wildman–Crippen LogP) is 4.61. The number of hydrogen-bond acceptors (Lipinski definition) is 7. The Hall–Kier alpha value is -2.93. The molecule has 0 aliphatic carbocycles. The van der Waals surface area contributed by atoms with Crippen molar-refractivity contribution in [3.63, 3.8) is 0 Å². The Labute approximate surface area is 203 Å². The number of piperidine rings is 1. The Balaban J connectivity index is 1.19. The zero-order valence-electron chi connectivity index (χ0n) is 19.4. The highest BCUT2D eigenvalue weighted by atomic mass is 19.4. The van der Waals surface area contributed by atoms with Gasteiger partial charge in [-0.05, 0) is 44.2 Å². The van der Waals surface area contributed by atoms with Gasteiger partial charge in [0.25, 0.3) is 5.92 Å². The molecular formula is C23H26F5N7O. The summed E-state index contributed by atoms with van der Waals surface area (Å²) >= 11 is 0. The molecule has 0 amide bonds. The van der Waals surface area contributed by atoms with Gasteiger partial charge in [-0.2, -0.15) is 27.1 Å². The molecule has 3 aromatic rings. The summed E-state index contributed by atoms with van der Waals surface area (Å²) in [5, 5.41) is 8.64. The molecule has 5 rings (SSSR count). The van der Waals surface area contributed by atoms with Crippen LogP contribution in [0.3, 0.4) is 0 Å². The van der Waals surface area contributed by atoms with Gasteiger partial charge >= 0.3 is 6.18 Å². The molecule has 5 heterocycles. The van der Waals surface area contributed by atoms with E-state index in [9.17, 15) is 22.0 Å². The van der Waals surface area contributed by atoms with Crippen LogP contribution < -0.4 is 5.32 Å². The molecule has 1 unspecified atom stereocenters. The summed E-state index contributed by atoms with van der Waals surface area (Å²) in [7, 11) is 0. The number of likely N-dealkylation sites (tertiary alicyclic amines) is 1. The average Bonchev–Trinajstić information content (AvgIpc) is 3.30. The van der Waals surface area contributed by atoms with Gasteiger partial charge in [0.2, 0.25) is 0 Å². The lowest BCUT2D eigenvalue weighted by atomic mass is 10.0. The maximum Gasteiger partial charge on any atom is 0.433 e. The molecule has 0 spiro atoms. The number of nitrogens with zero attached hydrogens (tertiary/aromatic N) is 6. The standard InChI is InChI=1S/C23H26F5N7O/c24-22(25,15-4-5-18(29-11-15)23(26,27)28)13-34-8-6-16(7-9-34)33-20-17-12-32-35(21(17)31-14-30-20)19-3-1-2-10-36-19/h4-5,11-12,14,16,19H,1-3,6-10,13H2,(H,30,31,33). The summed E-state index contributed by atoms with van der Waals surface area (Å²) < 4.78 is 75.1. The van der Waals surface area contributed by atoms with Crippen LogP contribution in [0, 0.1) is 0 Å². The van der Waals surface area contributed by atoms with Crippen molar-refractivity contribution in [2.45, 2.75) is 56.5 Å². The molecule has 194 valence electrons. The lowest BCUT2D eigenvalue weighted by Gasteiger charge is -2.34. The number of aromatic nitrogens is 5. The van der Waals surface area contributed by atoms with Gasteiger partial charge in [-0.15, -0.1) is 0 Å². The molecule has 3 aromatic heterocycles. The fourth-order valence-electron chi connectivity index (χ4n) is 4.68. The number of hydrogen-bond donors (Lipinski definition) is 1. The van der Waals surface area contributed by atoms with Crippen LogP contribution in [0.15, 0.2) is 30.9 Å². The summed E-state index contributed by atoms with van der Waals surface area (Å²) in [5.41, 5.74) is -1.04. The third-order valence-corrected chi connectivity index (χ3v) is 6.65. The zero-order valence-corrected chi connectivity index (χ0v) is 19.4. The fourth-order valence-corrected chi connectivity index (χ4v) is 4.68. The summed E-state index contributed by atoms with van der Waals surface area (Å²) in [5.74, 6) is -2.67. The maximum atomic E-state index is 14.7. The van der Waals surface area contributed by atoms with Gasteiger partial charge < -0.3 is 10.1 Å². The Morgan fingerprint density at radius 1 is 0.972 bits per heavy atom. The van der Waals surface area contributed by atoms with Crippen molar-refractivity contribution in [2.75, 3.05) is 31.6 Å². The second-order valence-corrected chi connectivity index (χ2v) is 9.20. The highest BCUT2D eigenvalue weighted by Gasteiger charge is 2.38. The van der Waals surface area contributed by atoms with Gasteiger partial charge in [0.1, 0.15) is 17.8 Å². The van der Waals surface area contributed by atoms with Gasteiger partial charge in [0.05, 0.1) is 18.1 Å². The molecule has 0 bridgehead atoms. The largest absolute Gasteiger partial charge is 0.433 e. The number of halogens is 5. The first kappa shape index (κ1) is 24.8.